The molecule has 5 heteroatoms. The number of aromatic nitrogens is 1. The maximum Gasteiger partial charge on any atom is 0.251 e. The first-order valence-corrected chi connectivity index (χ1v) is 7.18. The van der Waals surface area contributed by atoms with Crippen LogP contribution >= 0.6 is 0 Å². The molecule has 116 valence electrons. The van der Waals surface area contributed by atoms with Crippen LogP contribution in [-0.2, 0) is 0 Å². The topological polar surface area (TPSA) is 82.5 Å². The summed E-state index contributed by atoms with van der Waals surface area (Å²) < 4.78 is 0. The molecule has 1 aromatic carbocycles. The zero-order valence-corrected chi connectivity index (χ0v) is 12.7. The first kappa shape index (κ1) is 15.8. The van der Waals surface area contributed by atoms with Gasteiger partial charge in [0.15, 0.2) is 0 Å². The molecule has 1 atom stereocenters. The van der Waals surface area contributed by atoms with Crippen molar-refractivity contribution < 1.29 is 15.0 Å². The van der Waals surface area contributed by atoms with Gasteiger partial charge in [0.25, 0.3) is 5.91 Å². The molecule has 0 bridgehead atoms. The van der Waals surface area contributed by atoms with E-state index in [1.807, 2.05) is 12.1 Å². The number of rotatable bonds is 5. The number of nitrogens with one attached hydrogen (secondary N) is 1. The van der Waals surface area contributed by atoms with Gasteiger partial charge >= 0.3 is 0 Å². The molecule has 1 aromatic heterocycles. The van der Waals surface area contributed by atoms with E-state index in [-0.39, 0.29) is 28.9 Å². The summed E-state index contributed by atoms with van der Waals surface area (Å²) in [6.07, 6.45) is 3.52. The third kappa shape index (κ3) is 3.97. The molecule has 3 N–H and O–H groups in total. The zero-order valence-electron chi connectivity index (χ0n) is 12.7. The molecule has 22 heavy (non-hydrogen) atoms. The van der Waals surface area contributed by atoms with Gasteiger partial charge < -0.3 is 15.5 Å². The van der Waals surface area contributed by atoms with Gasteiger partial charge in [-0.1, -0.05) is 19.9 Å². The molecule has 0 unspecified atom stereocenters. The molecule has 2 aromatic rings. The first-order valence-electron chi connectivity index (χ1n) is 7.18. The van der Waals surface area contributed by atoms with Crippen LogP contribution in [0.4, 0.5) is 0 Å². The maximum atomic E-state index is 12.2. The predicted molar refractivity (Wildman–Crippen MR) is 83.9 cm³/mol. The summed E-state index contributed by atoms with van der Waals surface area (Å²) in [6.45, 7) is 4.63. The SMILES string of the molecule is CC(C)[C@H](CNC(=O)c1cc(O)cc(O)c1)c1cccnc1. The van der Waals surface area contributed by atoms with Crippen molar-refractivity contribution in [1.82, 2.24) is 10.3 Å². The van der Waals surface area contributed by atoms with Gasteiger partial charge in [0.2, 0.25) is 0 Å². The van der Waals surface area contributed by atoms with Crippen LogP contribution < -0.4 is 5.32 Å². The summed E-state index contributed by atoms with van der Waals surface area (Å²) in [4.78, 5) is 16.3. The molecule has 0 aliphatic rings. The minimum atomic E-state index is -0.333. The van der Waals surface area contributed by atoms with Crippen molar-refractivity contribution in [1.29, 1.82) is 0 Å². The fourth-order valence-electron chi connectivity index (χ4n) is 2.36. The van der Waals surface area contributed by atoms with E-state index in [2.05, 4.69) is 24.1 Å². The van der Waals surface area contributed by atoms with Crippen LogP contribution in [-0.4, -0.2) is 27.6 Å². The Morgan fingerprint density at radius 2 is 1.91 bits per heavy atom. The number of phenolic OH excluding ortho intramolecular Hbond substituents is 2. The molecule has 2 rings (SSSR count). The smallest absolute Gasteiger partial charge is 0.251 e. The number of carbonyl (C=O) groups is 1. The van der Waals surface area contributed by atoms with Gasteiger partial charge in [-0.05, 0) is 29.7 Å². The van der Waals surface area contributed by atoms with E-state index in [0.717, 1.165) is 5.56 Å². The fourth-order valence-corrected chi connectivity index (χ4v) is 2.36. The lowest BCUT2D eigenvalue weighted by atomic mass is 9.89. The molecule has 0 radical (unpaired) electrons. The summed E-state index contributed by atoms with van der Waals surface area (Å²) in [7, 11) is 0. The normalized spacial score (nSPS) is 12.1. The molecule has 1 amide bonds. The Balaban J connectivity index is 2.08. The number of carbonyl (C=O) groups excluding carboxylic acids is 1. The van der Waals surface area contributed by atoms with E-state index in [1.165, 1.54) is 18.2 Å². The minimum absolute atomic E-state index is 0.141. The number of hydrogen-bond donors (Lipinski definition) is 3. The second-order valence-electron chi connectivity index (χ2n) is 5.58. The van der Waals surface area contributed by atoms with E-state index >= 15 is 0 Å². The van der Waals surface area contributed by atoms with Crippen molar-refractivity contribution in [2.75, 3.05) is 6.54 Å². The van der Waals surface area contributed by atoms with E-state index in [4.69, 9.17) is 0 Å². The van der Waals surface area contributed by atoms with E-state index < -0.39 is 0 Å². The van der Waals surface area contributed by atoms with Crippen molar-refractivity contribution in [3.05, 3.63) is 53.9 Å². The van der Waals surface area contributed by atoms with E-state index in [0.29, 0.717) is 12.5 Å². The Hall–Kier alpha value is -2.56. The third-order valence-corrected chi connectivity index (χ3v) is 3.56. The van der Waals surface area contributed by atoms with Crippen LogP contribution in [0, 0.1) is 5.92 Å². The van der Waals surface area contributed by atoms with Crippen LogP contribution in [0.1, 0.15) is 35.7 Å². The fraction of sp³-hybridized carbons (Fsp3) is 0.294. The maximum absolute atomic E-state index is 12.2. The van der Waals surface area contributed by atoms with Gasteiger partial charge in [-0.15, -0.1) is 0 Å². The van der Waals surface area contributed by atoms with Crippen molar-refractivity contribution in [3.63, 3.8) is 0 Å². The average Bonchev–Trinajstić information content (AvgIpc) is 2.47. The highest BCUT2D eigenvalue weighted by atomic mass is 16.3. The highest BCUT2D eigenvalue weighted by Crippen LogP contribution is 2.24. The number of phenols is 2. The second kappa shape index (κ2) is 6.93. The Bertz CT molecular complexity index is 621. The van der Waals surface area contributed by atoms with Crippen LogP contribution in [0.5, 0.6) is 11.5 Å². The van der Waals surface area contributed by atoms with Crippen molar-refractivity contribution >= 4 is 5.91 Å². The van der Waals surface area contributed by atoms with Gasteiger partial charge in [-0.2, -0.15) is 0 Å². The number of pyridine rings is 1. The van der Waals surface area contributed by atoms with Crippen molar-refractivity contribution in [3.8, 4) is 11.5 Å². The highest BCUT2D eigenvalue weighted by molar-refractivity contribution is 5.95. The largest absolute Gasteiger partial charge is 0.508 e. The van der Waals surface area contributed by atoms with Gasteiger partial charge in [0.1, 0.15) is 11.5 Å². The summed E-state index contributed by atoms with van der Waals surface area (Å²) in [6, 6.07) is 7.69. The molecule has 0 aliphatic heterocycles. The van der Waals surface area contributed by atoms with E-state index in [9.17, 15) is 15.0 Å². The Labute approximate surface area is 129 Å². The van der Waals surface area contributed by atoms with Crippen LogP contribution in [0.25, 0.3) is 0 Å². The summed E-state index contributed by atoms with van der Waals surface area (Å²) >= 11 is 0. The van der Waals surface area contributed by atoms with Gasteiger partial charge in [0.05, 0.1) is 0 Å². The Morgan fingerprint density at radius 1 is 1.23 bits per heavy atom. The van der Waals surface area contributed by atoms with Gasteiger partial charge in [0, 0.05) is 36.5 Å². The summed E-state index contributed by atoms with van der Waals surface area (Å²) in [5.74, 6) is -0.137. The number of amides is 1. The molecule has 0 saturated carbocycles. The summed E-state index contributed by atoms with van der Waals surface area (Å²) in [5, 5.41) is 21.7. The minimum Gasteiger partial charge on any atom is -0.508 e. The molecule has 0 aliphatic carbocycles. The predicted octanol–water partition coefficient (Wildman–Crippen LogP) is 2.66. The molecule has 1 heterocycles. The lowest BCUT2D eigenvalue weighted by Gasteiger charge is -2.21. The second-order valence-corrected chi connectivity index (χ2v) is 5.58. The standard InChI is InChI=1S/C17H20N2O3/c1-11(2)16(12-4-3-5-18-9-12)10-19-17(22)13-6-14(20)8-15(21)7-13/h3-9,11,16,20-21H,10H2,1-2H3,(H,19,22)/t16-/m0/s1. The molecule has 0 spiro atoms. The molecular weight excluding hydrogens is 280 g/mol. The lowest BCUT2D eigenvalue weighted by Crippen LogP contribution is -2.30. The molecule has 0 saturated heterocycles. The summed E-state index contributed by atoms with van der Waals surface area (Å²) in [5.41, 5.74) is 1.29. The van der Waals surface area contributed by atoms with Crippen LogP contribution in [0.2, 0.25) is 0 Å². The zero-order chi connectivity index (χ0) is 16.1. The number of benzene rings is 1. The van der Waals surface area contributed by atoms with Crippen LogP contribution in [0.3, 0.4) is 0 Å². The van der Waals surface area contributed by atoms with E-state index in [1.54, 1.807) is 12.4 Å². The Kier molecular flexibility index (Phi) is 4.99. The molecule has 5 nitrogen and oxygen atoms in total. The molecule has 0 fully saturated rings. The number of nitrogens with zero attached hydrogens (tertiary/aromatic N) is 1. The lowest BCUT2D eigenvalue weighted by molar-refractivity contribution is 0.0948. The van der Waals surface area contributed by atoms with Gasteiger partial charge in [-0.3, -0.25) is 9.78 Å². The first-order chi connectivity index (χ1) is 10.5. The monoisotopic (exact) mass is 300 g/mol. The number of aromatic hydroxyl groups is 2. The van der Waals surface area contributed by atoms with Gasteiger partial charge in [-0.25, -0.2) is 0 Å². The van der Waals surface area contributed by atoms with Crippen molar-refractivity contribution in [2.45, 2.75) is 19.8 Å². The van der Waals surface area contributed by atoms with Crippen molar-refractivity contribution in [2.24, 2.45) is 5.92 Å². The quantitative estimate of drug-likeness (QED) is 0.793. The highest BCUT2D eigenvalue weighted by Gasteiger charge is 2.18. The molecular formula is C17H20N2O3. The third-order valence-electron chi connectivity index (χ3n) is 3.56. The Morgan fingerprint density at radius 3 is 2.45 bits per heavy atom. The average molecular weight is 300 g/mol. The van der Waals surface area contributed by atoms with Crippen LogP contribution in [0.15, 0.2) is 42.7 Å². The number of hydrogen-bond acceptors (Lipinski definition) is 4.